The van der Waals surface area contributed by atoms with Gasteiger partial charge in [0, 0.05) is 19.8 Å². The lowest BCUT2D eigenvalue weighted by Crippen LogP contribution is -2.50. The molecule has 0 saturated heterocycles. The second kappa shape index (κ2) is 8.67. The second-order valence-corrected chi connectivity index (χ2v) is 4.49. The molecule has 2 amide bonds. The number of nitrogens with two attached hydrogens (primary N) is 1. The molecule has 12 nitrogen and oxygen atoms in total. The van der Waals surface area contributed by atoms with E-state index in [2.05, 4.69) is 10.2 Å². The maximum absolute atomic E-state index is 11.4. The third-order valence-corrected chi connectivity index (χ3v) is 2.49. The molecule has 0 unspecified atom stereocenters. The molecule has 24 heavy (non-hydrogen) atoms. The summed E-state index contributed by atoms with van der Waals surface area (Å²) in [6, 6.07) is 7.28. The summed E-state index contributed by atoms with van der Waals surface area (Å²) in [6.07, 6.45) is 1.35. The lowest BCUT2D eigenvalue weighted by Gasteiger charge is -2.11. The minimum Gasteiger partial charge on any atom is -0.378 e. The summed E-state index contributed by atoms with van der Waals surface area (Å²) in [5.41, 5.74) is 12.4. The Morgan fingerprint density at radius 3 is 2.38 bits per heavy atom. The van der Waals surface area contributed by atoms with Gasteiger partial charge in [0.2, 0.25) is 0 Å². The molecule has 1 aromatic carbocycles. The molecule has 128 valence electrons. The number of hydrazone groups is 2. The van der Waals surface area contributed by atoms with Crippen LogP contribution in [0.5, 0.6) is 0 Å². The molecule has 1 aromatic rings. The Balaban J connectivity index is 2.47. The van der Waals surface area contributed by atoms with E-state index in [4.69, 9.17) is 5.73 Å². The van der Waals surface area contributed by atoms with E-state index in [-0.39, 0.29) is 0 Å². The van der Waals surface area contributed by atoms with Gasteiger partial charge in [-0.3, -0.25) is 20.4 Å². The number of nitrogens with one attached hydrogen (secondary N) is 3. The molecule has 1 rings (SSSR count). The molecule has 0 aromatic heterocycles. The van der Waals surface area contributed by atoms with Crippen LogP contribution >= 0.6 is 0 Å². The molecule has 0 saturated carbocycles. The number of benzene rings is 1. The van der Waals surface area contributed by atoms with Gasteiger partial charge in [0.25, 0.3) is 5.96 Å². The fourth-order valence-electron chi connectivity index (χ4n) is 1.37. The molecule has 0 bridgehead atoms. The van der Waals surface area contributed by atoms with Gasteiger partial charge in [0.05, 0.1) is 6.21 Å². The molecule has 0 atom stereocenters. The Bertz CT molecular complexity index is 668. The van der Waals surface area contributed by atoms with Crippen LogP contribution < -0.4 is 26.9 Å². The minimum atomic E-state index is -1.16. The molecule has 0 aliphatic rings. The Labute approximate surface area is 136 Å². The first-order valence-electron chi connectivity index (χ1n) is 6.45. The number of rotatable bonds is 4. The van der Waals surface area contributed by atoms with Gasteiger partial charge in [0.15, 0.2) is 5.03 Å². The van der Waals surface area contributed by atoms with Crippen molar-refractivity contribution in [2.45, 2.75) is 0 Å². The number of nitrogens with zero attached hydrogens (tertiary/aromatic N) is 4. The van der Waals surface area contributed by atoms with Gasteiger partial charge in [-0.2, -0.15) is 5.10 Å². The first-order valence-corrected chi connectivity index (χ1v) is 6.45. The van der Waals surface area contributed by atoms with E-state index in [0.29, 0.717) is 5.56 Å². The van der Waals surface area contributed by atoms with Crippen LogP contribution in [0.4, 0.5) is 5.69 Å². The van der Waals surface area contributed by atoms with Crippen molar-refractivity contribution in [3.8, 4) is 0 Å². The van der Waals surface area contributed by atoms with E-state index in [1.807, 2.05) is 47.4 Å². The van der Waals surface area contributed by atoms with E-state index in [0.717, 1.165) is 5.69 Å². The van der Waals surface area contributed by atoms with Crippen molar-refractivity contribution in [2.24, 2.45) is 15.9 Å². The van der Waals surface area contributed by atoms with E-state index in [1.165, 1.54) is 6.21 Å². The Kier molecular flexibility index (Phi) is 6.63. The van der Waals surface area contributed by atoms with Crippen LogP contribution in [0.3, 0.4) is 0 Å². The predicted molar refractivity (Wildman–Crippen MR) is 86.4 cm³/mol. The summed E-state index contributed by atoms with van der Waals surface area (Å²) in [7, 11) is 3.80. The Morgan fingerprint density at radius 1 is 1.21 bits per heavy atom. The number of hydrogen-bond donors (Lipinski definition) is 4. The zero-order valence-corrected chi connectivity index (χ0v) is 12.9. The molecule has 0 fully saturated rings. The van der Waals surface area contributed by atoms with Crippen molar-refractivity contribution in [3.05, 3.63) is 39.9 Å². The average molecular weight is 336 g/mol. The number of amides is 2. The molecule has 0 aliphatic carbocycles. The quantitative estimate of drug-likeness (QED) is 0.167. The summed E-state index contributed by atoms with van der Waals surface area (Å²) in [5.74, 6) is -2.94. The van der Waals surface area contributed by atoms with E-state index in [1.54, 1.807) is 12.1 Å². The van der Waals surface area contributed by atoms with E-state index < -0.39 is 22.8 Å². The molecule has 12 heteroatoms. The van der Waals surface area contributed by atoms with Gasteiger partial charge in [-0.05, 0) is 17.7 Å². The van der Waals surface area contributed by atoms with Gasteiger partial charge in [-0.25, -0.2) is 15.5 Å². The standard InChI is InChI=1S/C12H16N8O4/c1-19(2)9-5-3-8(4-6-9)7-14-15-10(21)11(22)16-17-12(13)18-20(23)24/h3-7H,1-2H3,(H,15,21)(H,16,22)(H3,13,17,18). The highest BCUT2D eigenvalue weighted by Gasteiger charge is 2.12. The van der Waals surface area contributed by atoms with Crippen molar-refractivity contribution in [3.63, 3.8) is 0 Å². The van der Waals surface area contributed by atoms with Crippen LogP contribution in [0.15, 0.2) is 34.5 Å². The van der Waals surface area contributed by atoms with Crippen LogP contribution in [-0.4, -0.2) is 43.1 Å². The summed E-state index contributed by atoms with van der Waals surface area (Å²) < 4.78 is 0. The minimum absolute atomic E-state index is 0.689. The highest BCUT2D eigenvalue weighted by Crippen LogP contribution is 2.10. The van der Waals surface area contributed by atoms with E-state index >= 15 is 0 Å². The maximum Gasteiger partial charge on any atom is 0.331 e. The first kappa shape index (κ1) is 18.3. The van der Waals surface area contributed by atoms with Gasteiger partial charge >= 0.3 is 11.8 Å². The van der Waals surface area contributed by atoms with Crippen LogP contribution in [-0.2, 0) is 9.59 Å². The predicted octanol–water partition coefficient (Wildman–Crippen LogP) is -1.67. The topological polar surface area (TPSA) is 167 Å². The molecule has 0 aliphatic heterocycles. The fraction of sp³-hybridized carbons (Fsp3) is 0.167. The highest BCUT2D eigenvalue weighted by atomic mass is 16.7. The summed E-state index contributed by atoms with van der Waals surface area (Å²) in [5, 5.41) is 15.2. The molecule has 0 heterocycles. The second-order valence-electron chi connectivity index (χ2n) is 4.49. The molecule has 5 N–H and O–H groups in total. The third kappa shape index (κ3) is 6.38. The van der Waals surface area contributed by atoms with Crippen molar-refractivity contribution in [1.29, 1.82) is 0 Å². The largest absolute Gasteiger partial charge is 0.378 e. The number of anilines is 1. The summed E-state index contributed by atoms with van der Waals surface area (Å²) >= 11 is 0. The zero-order chi connectivity index (χ0) is 18.1. The molecule has 0 spiro atoms. The van der Waals surface area contributed by atoms with Gasteiger partial charge in [-0.1, -0.05) is 12.1 Å². The third-order valence-electron chi connectivity index (χ3n) is 2.49. The van der Waals surface area contributed by atoms with Crippen LogP contribution in [0.25, 0.3) is 0 Å². The lowest BCUT2D eigenvalue weighted by atomic mass is 10.2. The van der Waals surface area contributed by atoms with E-state index in [9.17, 15) is 19.7 Å². The van der Waals surface area contributed by atoms with Crippen molar-refractivity contribution in [2.75, 3.05) is 19.0 Å². The molecular weight excluding hydrogens is 320 g/mol. The number of carbonyl (C=O) groups is 2. The van der Waals surface area contributed by atoms with Crippen molar-refractivity contribution in [1.82, 2.24) is 16.3 Å². The smallest absolute Gasteiger partial charge is 0.331 e. The summed E-state index contributed by atoms with van der Waals surface area (Å²) in [4.78, 5) is 34.7. The first-order chi connectivity index (χ1) is 11.3. The SMILES string of the molecule is CN(C)c1ccc(C=NNC(=O)C(=O)NN/C(N)=N\[N+](=O)[O-])cc1. The molecule has 0 radical (unpaired) electrons. The normalized spacial score (nSPS) is 11.0. The van der Waals surface area contributed by atoms with Gasteiger partial charge in [-0.15, -0.1) is 0 Å². The van der Waals surface area contributed by atoms with Crippen LogP contribution in [0.2, 0.25) is 0 Å². The van der Waals surface area contributed by atoms with Crippen molar-refractivity contribution < 1.29 is 14.6 Å². The van der Waals surface area contributed by atoms with Crippen LogP contribution in [0.1, 0.15) is 5.56 Å². The Hall–Kier alpha value is -3.70. The average Bonchev–Trinajstić information content (AvgIpc) is 2.52. The maximum atomic E-state index is 11.4. The molecular formula is C12H16N8O4. The number of hydrazine groups is 1. The highest BCUT2D eigenvalue weighted by molar-refractivity contribution is 6.35. The zero-order valence-electron chi connectivity index (χ0n) is 12.9. The number of hydrogen-bond acceptors (Lipinski definition) is 6. The number of guanidine groups is 1. The Morgan fingerprint density at radius 2 is 1.83 bits per heavy atom. The number of nitro groups is 1. The number of carbonyl (C=O) groups excluding carboxylic acids is 2. The monoisotopic (exact) mass is 336 g/mol. The fourth-order valence-corrected chi connectivity index (χ4v) is 1.37. The summed E-state index contributed by atoms with van der Waals surface area (Å²) in [6.45, 7) is 0. The van der Waals surface area contributed by atoms with Gasteiger partial charge in [0.1, 0.15) is 5.10 Å². The van der Waals surface area contributed by atoms with Gasteiger partial charge < -0.3 is 10.6 Å². The van der Waals surface area contributed by atoms with Crippen LogP contribution in [0, 0.1) is 10.1 Å². The lowest BCUT2D eigenvalue weighted by molar-refractivity contribution is -0.485. The van der Waals surface area contributed by atoms with Crippen molar-refractivity contribution >= 4 is 29.7 Å².